The Labute approximate surface area is 279 Å². The smallest absolute Gasteiger partial charge is 0.420 e. The van der Waals surface area contributed by atoms with E-state index >= 15 is 0 Å². The maximum atomic E-state index is 13.9. The van der Waals surface area contributed by atoms with E-state index in [1.54, 1.807) is 9.80 Å². The van der Waals surface area contributed by atoms with Crippen LogP contribution in [-0.4, -0.2) is 113 Å². The van der Waals surface area contributed by atoms with E-state index in [9.17, 15) is 32.7 Å². The van der Waals surface area contributed by atoms with E-state index in [1.807, 2.05) is 10.8 Å². The summed E-state index contributed by atoms with van der Waals surface area (Å²) in [6.45, 7) is 5.01. The van der Waals surface area contributed by atoms with Crippen molar-refractivity contribution in [1.29, 1.82) is 0 Å². The summed E-state index contributed by atoms with van der Waals surface area (Å²) < 4.78 is 46.8. The third kappa shape index (κ3) is 7.58. The molecule has 3 saturated heterocycles. The van der Waals surface area contributed by atoms with E-state index in [4.69, 9.17) is 16.3 Å². The first kappa shape index (κ1) is 33.6. The van der Waals surface area contributed by atoms with Gasteiger partial charge in [-0.2, -0.15) is 13.2 Å². The number of likely N-dealkylation sites (tertiary alicyclic amines) is 1. The van der Waals surface area contributed by atoms with E-state index in [1.165, 1.54) is 16.2 Å². The molecule has 3 fully saturated rings. The summed E-state index contributed by atoms with van der Waals surface area (Å²) in [7, 11) is 0. The summed E-state index contributed by atoms with van der Waals surface area (Å²) in [5.74, 6) is -1.59. The molecule has 0 unspecified atom stereocenters. The molecule has 5 heterocycles. The van der Waals surface area contributed by atoms with Crippen molar-refractivity contribution < 1.29 is 37.4 Å². The van der Waals surface area contributed by atoms with Crippen molar-refractivity contribution in [1.82, 2.24) is 24.9 Å². The molecular weight excluding hydrogens is 661 g/mol. The second kappa shape index (κ2) is 14.1. The number of carbonyl (C=O) groups is 3. The first-order valence-corrected chi connectivity index (χ1v) is 17.2. The maximum absolute atomic E-state index is 13.9. The number of anilines is 1. The van der Waals surface area contributed by atoms with Crippen molar-refractivity contribution >= 4 is 46.7 Å². The molecule has 1 aromatic carbocycles. The van der Waals surface area contributed by atoms with Crippen LogP contribution in [0.5, 0.6) is 5.75 Å². The summed E-state index contributed by atoms with van der Waals surface area (Å²) >= 11 is 7.48. The number of piperidine rings is 2. The number of ether oxygens (including phenoxy) is 1. The average molecular weight is 699 g/mol. The molecule has 4 aliphatic heterocycles. The minimum absolute atomic E-state index is 0.00207. The Hall–Kier alpha value is -3.27. The lowest BCUT2D eigenvalue weighted by molar-refractivity contribution is -0.143. The first-order chi connectivity index (χ1) is 22.5. The molecular formula is C31H38ClF3N6O5S. The van der Waals surface area contributed by atoms with Crippen LogP contribution in [-0.2, 0) is 28.7 Å². The molecule has 6 rings (SSSR count). The highest BCUT2D eigenvalue weighted by atomic mass is 35.5. The third-order valence-electron chi connectivity index (χ3n) is 9.57. The minimum atomic E-state index is -4.88. The van der Waals surface area contributed by atoms with E-state index < -0.39 is 40.6 Å². The van der Waals surface area contributed by atoms with Gasteiger partial charge in [-0.3, -0.25) is 9.69 Å². The highest BCUT2D eigenvalue weighted by molar-refractivity contribution is 7.08. The number of phenolic OH excluding ortho intramolecular Hbond substituents is 1. The third-order valence-corrected chi connectivity index (χ3v) is 10.6. The van der Waals surface area contributed by atoms with Crippen LogP contribution in [0.15, 0.2) is 22.9 Å². The number of thiophene rings is 1. The number of hydrogen-bond acceptors (Lipinski definition) is 8. The number of phenols is 1. The molecule has 1 aromatic heterocycles. The Morgan fingerprint density at radius 1 is 1.00 bits per heavy atom. The van der Waals surface area contributed by atoms with Gasteiger partial charge < -0.3 is 35.2 Å². The number of hydrogen-bond donors (Lipinski definition) is 3. The topological polar surface area (TPSA) is 118 Å². The van der Waals surface area contributed by atoms with Gasteiger partial charge in [-0.1, -0.05) is 11.6 Å². The average Bonchev–Trinajstić information content (AvgIpc) is 3.52. The van der Waals surface area contributed by atoms with Gasteiger partial charge in [0, 0.05) is 68.7 Å². The maximum Gasteiger partial charge on any atom is 0.420 e. The molecule has 1 atom stereocenters. The van der Waals surface area contributed by atoms with Crippen LogP contribution in [0, 0.1) is 0 Å². The number of nitrogens with one attached hydrogen (secondary N) is 2. The van der Waals surface area contributed by atoms with E-state index in [2.05, 4.69) is 15.5 Å². The fraction of sp³-hybridized carbons (Fsp3) is 0.581. The van der Waals surface area contributed by atoms with E-state index in [-0.39, 0.29) is 37.1 Å². The second-order valence-corrected chi connectivity index (χ2v) is 13.6. The zero-order valence-electron chi connectivity index (χ0n) is 25.7. The Morgan fingerprint density at radius 2 is 1.70 bits per heavy atom. The summed E-state index contributed by atoms with van der Waals surface area (Å²) in [6.07, 6.45) is -4.35. The lowest BCUT2D eigenvalue weighted by Gasteiger charge is -2.42. The zero-order valence-corrected chi connectivity index (χ0v) is 27.3. The Bertz CT molecular complexity index is 1470. The van der Waals surface area contributed by atoms with Gasteiger partial charge in [0.15, 0.2) is 6.10 Å². The largest absolute Gasteiger partial charge is 0.506 e. The van der Waals surface area contributed by atoms with Crippen molar-refractivity contribution in [3.05, 3.63) is 44.6 Å². The molecule has 11 nitrogen and oxygen atoms in total. The molecule has 47 heavy (non-hydrogen) atoms. The highest BCUT2D eigenvalue weighted by Crippen LogP contribution is 2.40. The number of alkyl halides is 3. The number of benzene rings is 1. The second-order valence-electron chi connectivity index (χ2n) is 12.5. The van der Waals surface area contributed by atoms with Crippen molar-refractivity contribution in [2.24, 2.45) is 0 Å². The van der Waals surface area contributed by atoms with E-state index in [0.29, 0.717) is 51.6 Å². The molecule has 0 bridgehead atoms. The van der Waals surface area contributed by atoms with Gasteiger partial charge in [-0.25, -0.2) is 9.59 Å². The van der Waals surface area contributed by atoms with Gasteiger partial charge in [-0.05, 0) is 61.8 Å². The number of halogens is 4. The van der Waals surface area contributed by atoms with Gasteiger partial charge in [0.25, 0.3) is 5.91 Å². The minimum Gasteiger partial charge on any atom is -0.506 e. The SMILES string of the molecule is O=C(O[C@H](Cc1cc(Cl)c(O)c(C(F)(F)F)c1)C(=O)N1CCN(C2CCNCC2)CC1)N1CCC(N2Cc3cscc3NC2=O)CC1. The van der Waals surface area contributed by atoms with Crippen LogP contribution >= 0.6 is 22.9 Å². The highest BCUT2D eigenvalue weighted by Gasteiger charge is 2.39. The molecule has 0 aliphatic carbocycles. The standard InChI is InChI=1S/C31H38ClF3N6O5S/c32-24-14-19(13-23(27(24)42)31(33,34)35)15-26(28(43)39-11-9-38(10-12-39)21-1-5-36-6-2-21)46-30(45)40-7-3-22(4-8-40)41-16-20-17-47-18-25(20)37-29(41)44/h13-14,17-18,21-22,26,36,42H,1-12,15-16H2,(H,37,44)/t26-/m1/s1. The summed E-state index contributed by atoms with van der Waals surface area (Å²) in [4.78, 5) is 47.2. The number of amides is 4. The van der Waals surface area contributed by atoms with Gasteiger partial charge >= 0.3 is 18.3 Å². The summed E-state index contributed by atoms with van der Waals surface area (Å²) in [5.41, 5.74) is 0.532. The Balaban J connectivity index is 1.13. The fourth-order valence-corrected chi connectivity index (χ4v) is 7.94. The van der Waals surface area contributed by atoms with Crippen LogP contribution in [0.2, 0.25) is 5.02 Å². The Morgan fingerprint density at radius 3 is 2.38 bits per heavy atom. The Kier molecular flexibility index (Phi) is 10.1. The summed E-state index contributed by atoms with van der Waals surface area (Å²) in [6, 6.07) is 2.03. The summed E-state index contributed by atoms with van der Waals surface area (Å²) in [5, 5.41) is 19.6. The van der Waals surface area contributed by atoms with Crippen LogP contribution in [0.1, 0.15) is 42.4 Å². The van der Waals surface area contributed by atoms with Crippen LogP contribution in [0.4, 0.5) is 28.4 Å². The van der Waals surface area contributed by atoms with Crippen LogP contribution < -0.4 is 10.6 Å². The van der Waals surface area contributed by atoms with Crippen molar-refractivity contribution in [3.63, 3.8) is 0 Å². The van der Waals surface area contributed by atoms with Gasteiger partial charge in [0.2, 0.25) is 0 Å². The quantitative estimate of drug-likeness (QED) is 0.405. The molecule has 4 aliphatic rings. The number of urea groups is 1. The lowest BCUT2D eigenvalue weighted by atomic mass is 10.0. The number of rotatable bonds is 6. The van der Waals surface area contributed by atoms with Gasteiger partial charge in [0.1, 0.15) is 5.75 Å². The number of aromatic hydroxyl groups is 1. The van der Waals surface area contributed by atoms with E-state index in [0.717, 1.165) is 49.3 Å². The number of piperazine rings is 1. The van der Waals surface area contributed by atoms with Crippen molar-refractivity contribution in [2.75, 3.05) is 57.7 Å². The zero-order chi connectivity index (χ0) is 33.3. The molecule has 2 aromatic rings. The van der Waals surface area contributed by atoms with Gasteiger partial charge in [-0.15, -0.1) is 11.3 Å². The predicted octanol–water partition coefficient (Wildman–Crippen LogP) is 4.58. The molecule has 16 heteroatoms. The van der Waals surface area contributed by atoms with Crippen LogP contribution in [0.3, 0.4) is 0 Å². The number of nitrogens with zero attached hydrogens (tertiary/aromatic N) is 4. The number of carbonyl (C=O) groups excluding carboxylic acids is 3. The monoisotopic (exact) mass is 698 g/mol. The molecule has 0 spiro atoms. The molecule has 0 radical (unpaired) electrons. The first-order valence-electron chi connectivity index (χ1n) is 15.9. The number of fused-ring (bicyclic) bond motifs is 1. The van der Waals surface area contributed by atoms with Gasteiger partial charge in [0.05, 0.1) is 22.8 Å². The molecule has 256 valence electrons. The predicted molar refractivity (Wildman–Crippen MR) is 170 cm³/mol. The molecule has 3 N–H and O–H groups in total. The fourth-order valence-electron chi connectivity index (χ4n) is 6.91. The van der Waals surface area contributed by atoms with Crippen molar-refractivity contribution in [2.45, 2.75) is 63.0 Å². The molecule has 0 saturated carbocycles. The molecule has 4 amide bonds. The van der Waals surface area contributed by atoms with Crippen molar-refractivity contribution in [3.8, 4) is 5.75 Å². The van der Waals surface area contributed by atoms with Crippen LogP contribution in [0.25, 0.3) is 0 Å². The normalized spacial score (nSPS) is 20.9. The lowest BCUT2D eigenvalue weighted by Crippen LogP contribution is -2.56.